The van der Waals surface area contributed by atoms with Crippen LogP contribution in [-0.4, -0.2) is 42.1 Å². The van der Waals surface area contributed by atoms with Crippen molar-refractivity contribution in [3.63, 3.8) is 0 Å². The molecule has 8 heteroatoms. The predicted molar refractivity (Wildman–Crippen MR) is 132 cm³/mol. The first kappa shape index (κ1) is 22.6. The maximum absolute atomic E-state index is 12.4. The van der Waals surface area contributed by atoms with Crippen LogP contribution in [0.4, 0.5) is 11.8 Å². The van der Waals surface area contributed by atoms with E-state index in [0.29, 0.717) is 22.4 Å². The van der Waals surface area contributed by atoms with Gasteiger partial charge >= 0.3 is 0 Å². The van der Waals surface area contributed by atoms with Crippen molar-refractivity contribution in [2.45, 2.75) is 44.2 Å². The van der Waals surface area contributed by atoms with Crippen LogP contribution in [0.25, 0.3) is 10.9 Å². The zero-order valence-corrected chi connectivity index (χ0v) is 19.7. The molecule has 1 aliphatic rings. The summed E-state index contributed by atoms with van der Waals surface area (Å²) < 4.78 is 0. The Bertz CT molecular complexity index is 1110. The first-order valence-corrected chi connectivity index (χ1v) is 11.6. The number of carbonyl (C=O) groups excluding carboxylic acids is 1. The molecule has 0 bridgehead atoms. The average Bonchev–Trinajstić information content (AvgIpc) is 2.77. The number of para-hydroxylation sites is 1. The summed E-state index contributed by atoms with van der Waals surface area (Å²) in [7, 11) is 3.98. The largest absolute Gasteiger partial charge is 0.362 e. The van der Waals surface area contributed by atoms with Crippen molar-refractivity contribution in [3.05, 3.63) is 58.1 Å². The second-order valence-electron chi connectivity index (χ2n) is 8.47. The molecule has 1 aliphatic carbocycles. The number of carbonyl (C=O) groups is 1. The van der Waals surface area contributed by atoms with Crippen LogP contribution >= 0.6 is 23.2 Å². The van der Waals surface area contributed by atoms with E-state index < -0.39 is 0 Å². The van der Waals surface area contributed by atoms with Gasteiger partial charge in [-0.25, -0.2) is 4.98 Å². The zero-order valence-electron chi connectivity index (χ0n) is 18.2. The van der Waals surface area contributed by atoms with Gasteiger partial charge in [-0.3, -0.25) is 4.79 Å². The molecule has 2 aromatic carbocycles. The number of benzene rings is 2. The summed E-state index contributed by atoms with van der Waals surface area (Å²) in [6, 6.07) is 13.8. The molecule has 1 fully saturated rings. The molecular formula is C24H27Cl2N5O. The number of amides is 1. The number of halogens is 2. The lowest BCUT2D eigenvalue weighted by Gasteiger charge is -2.30. The quantitative estimate of drug-likeness (QED) is 0.524. The molecule has 0 spiro atoms. The van der Waals surface area contributed by atoms with Crippen molar-refractivity contribution < 1.29 is 4.79 Å². The molecule has 1 aromatic heterocycles. The van der Waals surface area contributed by atoms with E-state index in [4.69, 9.17) is 33.2 Å². The van der Waals surface area contributed by atoms with Gasteiger partial charge in [0.2, 0.25) is 11.9 Å². The van der Waals surface area contributed by atoms with Gasteiger partial charge in [0, 0.05) is 31.6 Å². The van der Waals surface area contributed by atoms with Crippen LogP contribution < -0.4 is 15.5 Å². The van der Waals surface area contributed by atoms with Gasteiger partial charge in [0.25, 0.3) is 0 Å². The normalized spacial score (nSPS) is 18.4. The molecular weight excluding hydrogens is 445 g/mol. The van der Waals surface area contributed by atoms with Crippen molar-refractivity contribution >= 4 is 51.8 Å². The number of hydrogen-bond acceptors (Lipinski definition) is 5. The lowest BCUT2D eigenvalue weighted by Crippen LogP contribution is -2.40. The van der Waals surface area contributed by atoms with E-state index in [2.05, 4.69) is 10.6 Å². The van der Waals surface area contributed by atoms with Gasteiger partial charge in [0.1, 0.15) is 5.82 Å². The van der Waals surface area contributed by atoms with E-state index >= 15 is 0 Å². The van der Waals surface area contributed by atoms with E-state index in [1.165, 1.54) is 0 Å². The minimum absolute atomic E-state index is 0.00767. The first-order valence-electron chi connectivity index (χ1n) is 10.8. The lowest BCUT2D eigenvalue weighted by molar-refractivity contribution is -0.121. The lowest BCUT2D eigenvalue weighted by atomic mass is 9.91. The summed E-state index contributed by atoms with van der Waals surface area (Å²) in [5.41, 5.74) is 1.79. The third-order valence-electron chi connectivity index (χ3n) is 5.78. The van der Waals surface area contributed by atoms with Crippen molar-refractivity contribution in [1.29, 1.82) is 0 Å². The number of nitrogens with one attached hydrogen (secondary N) is 2. The van der Waals surface area contributed by atoms with Crippen molar-refractivity contribution in [1.82, 2.24) is 15.3 Å². The fourth-order valence-electron chi connectivity index (χ4n) is 4.14. The SMILES string of the molecule is CN(C)c1nc(NC2CCC(NC(=O)Cc3ccc(Cl)c(Cl)c3)CC2)nc2ccccc12. The number of anilines is 2. The molecule has 32 heavy (non-hydrogen) atoms. The highest BCUT2D eigenvalue weighted by Gasteiger charge is 2.23. The van der Waals surface area contributed by atoms with E-state index in [1.807, 2.05) is 49.3 Å². The molecule has 1 saturated carbocycles. The van der Waals surface area contributed by atoms with Gasteiger partial charge in [-0.2, -0.15) is 4.98 Å². The standard InChI is InChI=1S/C24H27Cl2N5O/c1-31(2)23-18-5-3-4-6-21(18)29-24(30-23)28-17-10-8-16(9-11-17)27-22(32)14-15-7-12-19(25)20(26)13-15/h3-7,12-13,16-17H,8-11,14H2,1-2H3,(H,27,32)(H,28,29,30). The van der Waals surface area contributed by atoms with E-state index in [1.54, 1.807) is 12.1 Å². The maximum Gasteiger partial charge on any atom is 0.225 e. The van der Waals surface area contributed by atoms with Gasteiger partial charge in [-0.05, 0) is 55.5 Å². The Balaban J connectivity index is 1.32. The molecule has 0 unspecified atom stereocenters. The molecule has 0 atom stereocenters. The van der Waals surface area contributed by atoms with Crippen molar-refractivity contribution in [3.8, 4) is 0 Å². The molecule has 0 saturated heterocycles. The van der Waals surface area contributed by atoms with Crippen LogP contribution in [0.3, 0.4) is 0 Å². The third-order valence-corrected chi connectivity index (χ3v) is 6.52. The van der Waals surface area contributed by atoms with Crippen LogP contribution in [0.2, 0.25) is 10.0 Å². The highest BCUT2D eigenvalue weighted by atomic mass is 35.5. The minimum atomic E-state index is 0.00767. The molecule has 1 heterocycles. The average molecular weight is 472 g/mol. The molecule has 0 aliphatic heterocycles. The Labute approximate surface area is 198 Å². The van der Waals surface area contributed by atoms with Crippen LogP contribution in [0.5, 0.6) is 0 Å². The van der Waals surface area contributed by atoms with Crippen molar-refractivity contribution in [2.24, 2.45) is 0 Å². The van der Waals surface area contributed by atoms with Gasteiger partial charge < -0.3 is 15.5 Å². The van der Waals surface area contributed by atoms with Crippen LogP contribution in [-0.2, 0) is 11.2 Å². The molecule has 168 valence electrons. The second kappa shape index (κ2) is 9.92. The molecule has 6 nitrogen and oxygen atoms in total. The van der Waals surface area contributed by atoms with Gasteiger partial charge in [-0.15, -0.1) is 0 Å². The first-order chi connectivity index (χ1) is 15.4. The highest BCUT2D eigenvalue weighted by Crippen LogP contribution is 2.27. The van der Waals surface area contributed by atoms with Gasteiger partial charge in [0.15, 0.2) is 0 Å². The maximum atomic E-state index is 12.4. The summed E-state index contributed by atoms with van der Waals surface area (Å²) in [6.07, 6.45) is 4.03. The van der Waals surface area contributed by atoms with Crippen LogP contribution in [0.15, 0.2) is 42.5 Å². The summed E-state index contributed by atoms with van der Waals surface area (Å²) in [5, 5.41) is 8.66. The number of rotatable bonds is 6. The van der Waals surface area contributed by atoms with Crippen LogP contribution in [0.1, 0.15) is 31.2 Å². The van der Waals surface area contributed by atoms with Crippen molar-refractivity contribution in [2.75, 3.05) is 24.3 Å². The van der Waals surface area contributed by atoms with E-state index in [9.17, 15) is 4.79 Å². The number of aromatic nitrogens is 2. The van der Waals surface area contributed by atoms with Gasteiger partial charge in [0.05, 0.1) is 22.0 Å². The Morgan fingerprint density at radius 1 is 1.00 bits per heavy atom. The minimum Gasteiger partial charge on any atom is -0.362 e. The molecule has 0 radical (unpaired) electrons. The molecule has 4 rings (SSSR count). The Hall–Kier alpha value is -2.57. The van der Waals surface area contributed by atoms with Crippen LogP contribution in [0, 0.1) is 0 Å². The topological polar surface area (TPSA) is 70.2 Å². The molecule has 3 aromatic rings. The monoisotopic (exact) mass is 471 g/mol. The highest BCUT2D eigenvalue weighted by molar-refractivity contribution is 6.42. The Morgan fingerprint density at radius 2 is 1.72 bits per heavy atom. The fourth-order valence-corrected chi connectivity index (χ4v) is 4.46. The Kier molecular flexibility index (Phi) is 7.01. The smallest absolute Gasteiger partial charge is 0.225 e. The number of hydrogen-bond donors (Lipinski definition) is 2. The number of nitrogens with zero attached hydrogens (tertiary/aromatic N) is 3. The summed E-state index contributed by atoms with van der Waals surface area (Å²) in [6.45, 7) is 0. The van der Waals surface area contributed by atoms with Gasteiger partial charge in [-0.1, -0.05) is 41.4 Å². The molecule has 1 amide bonds. The summed E-state index contributed by atoms with van der Waals surface area (Å²) >= 11 is 12.0. The predicted octanol–water partition coefficient (Wildman–Crippen LogP) is 5.08. The van der Waals surface area contributed by atoms with E-state index in [0.717, 1.165) is 48.0 Å². The summed E-state index contributed by atoms with van der Waals surface area (Å²) in [4.78, 5) is 23.9. The third kappa shape index (κ3) is 5.43. The molecule has 2 N–H and O–H groups in total. The summed E-state index contributed by atoms with van der Waals surface area (Å²) in [5.74, 6) is 1.56. The Morgan fingerprint density at radius 3 is 2.44 bits per heavy atom. The second-order valence-corrected chi connectivity index (χ2v) is 9.28. The number of fused-ring (bicyclic) bond motifs is 1. The van der Waals surface area contributed by atoms with E-state index in [-0.39, 0.29) is 18.0 Å². The zero-order chi connectivity index (χ0) is 22.7. The fraction of sp³-hybridized carbons (Fsp3) is 0.375.